The van der Waals surface area contributed by atoms with Crippen LogP contribution in [0.3, 0.4) is 0 Å². The van der Waals surface area contributed by atoms with Crippen molar-refractivity contribution >= 4 is 23.7 Å². The molecule has 1 heterocycles. The van der Waals surface area contributed by atoms with Gasteiger partial charge in [0.2, 0.25) is 0 Å². The summed E-state index contributed by atoms with van der Waals surface area (Å²) in [6.07, 6.45) is 2.48. The minimum Gasteiger partial charge on any atom is -0.480 e. The predicted molar refractivity (Wildman–Crippen MR) is 146 cm³/mol. The Morgan fingerprint density at radius 1 is 0.923 bits per heavy atom. The van der Waals surface area contributed by atoms with E-state index in [9.17, 15) is 19.5 Å². The van der Waals surface area contributed by atoms with Crippen molar-refractivity contribution in [3.63, 3.8) is 0 Å². The molecular formula is C30H28N4O5. The van der Waals surface area contributed by atoms with E-state index in [0.29, 0.717) is 28.9 Å². The molecule has 0 spiro atoms. The van der Waals surface area contributed by atoms with E-state index in [2.05, 4.69) is 20.6 Å². The summed E-state index contributed by atoms with van der Waals surface area (Å²) < 4.78 is 5.48. The van der Waals surface area contributed by atoms with Crippen LogP contribution in [-0.4, -0.2) is 39.1 Å². The number of hydrogen-bond acceptors (Lipinski definition) is 6. The fourth-order valence-corrected chi connectivity index (χ4v) is 3.98. The summed E-state index contributed by atoms with van der Waals surface area (Å²) in [4.78, 5) is 45.3. The number of nitrogens with one attached hydrogen (secondary N) is 2. The number of rotatable bonds is 10. The maximum atomic E-state index is 12.8. The molecular weight excluding hydrogens is 496 g/mol. The van der Waals surface area contributed by atoms with Gasteiger partial charge in [-0.3, -0.25) is 10.1 Å². The van der Waals surface area contributed by atoms with Gasteiger partial charge in [0.1, 0.15) is 18.5 Å². The van der Waals surface area contributed by atoms with E-state index >= 15 is 0 Å². The molecule has 3 N–H and O–H groups in total. The highest BCUT2D eigenvalue weighted by molar-refractivity contribution is 5.97. The Hall–Kier alpha value is -5.05. The highest BCUT2D eigenvalue weighted by Crippen LogP contribution is 2.26. The van der Waals surface area contributed by atoms with Gasteiger partial charge in [-0.1, -0.05) is 72.8 Å². The molecule has 0 aliphatic heterocycles. The van der Waals surface area contributed by atoms with Crippen molar-refractivity contribution in [2.24, 2.45) is 0 Å². The minimum atomic E-state index is -1.10. The third-order valence-corrected chi connectivity index (χ3v) is 6.09. The van der Waals surface area contributed by atoms with Gasteiger partial charge in [0.05, 0.1) is 17.6 Å². The molecule has 0 bridgehead atoms. The molecule has 39 heavy (non-hydrogen) atoms. The van der Waals surface area contributed by atoms with E-state index in [-0.39, 0.29) is 6.42 Å². The topological polar surface area (TPSA) is 131 Å². The molecule has 3 aromatic carbocycles. The highest BCUT2D eigenvalue weighted by atomic mass is 16.6. The van der Waals surface area contributed by atoms with Crippen LogP contribution >= 0.6 is 0 Å². The van der Waals surface area contributed by atoms with Crippen LogP contribution in [0.2, 0.25) is 0 Å². The maximum Gasteiger partial charge on any atom is 0.412 e. The average Bonchev–Trinajstić information content (AvgIpc) is 2.96. The van der Waals surface area contributed by atoms with Gasteiger partial charge in [0.25, 0.3) is 5.91 Å². The number of aromatic nitrogens is 2. The third kappa shape index (κ3) is 7.48. The minimum absolute atomic E-state index is 0.262. The summed E-state index contributed by atoms with van der Waals surface area (Å²) in [7, 11) is 0. The Balaban J connectivity index is 1.40. The van der Waals surface area contributed by atoms with Gasteiger partial charge in [0.15, 0.2) is 0 Å². The van der Waals surface area contributed by atoms with Gasteiger partial charge < -0.3 is 15.2 Å². The number of ether oxygens (including phenoxy) is 1. The number of carbonyl (C=O) groups is 3. The van der Waals surface area contributed by atoms with E-state index in [4.69, 9.17) is 4.74 Å². The number of benzene rings is 3. The van der Waals surface area contributed by atoms with Crippen LogP contribution in [0.25, 0.3) is 11.3 Å². The molecule has 2 unspecified atom stereocenters. The summed E-state index contributed by atoms with van der Waals surface area (Å²) >= 11 is 0. The fourth-order valence-electron chi connectivity index (χ4n) is 3.98. The Morgan fingerprint density at radius 3 is 2.26 bits per heavy atom. The Labute approximate surface area is 225 Å². The number of amides is 2. The largest absolute Gasteiger partial charge is 0.480 e. The first-order valence-corrected chi connectivity index (χ1v) is 12.4. The van der Waals surface area contributed by atoms with E-state index in [1.54, 1.807) is 31.2 Å². The lowest BCUT2D eigenvalue weighted by Gasteiger charge is -2.16. The number of nitrogens with zero attached hydrogens (tertiary/aromatic N) is 2. The molecule has 4 rings (SSSR count). The highest BCUT2D eigenvalue weighted by Gasteiger charge is 2.21. The van der Waals surface area contributed by atoms with Gasteiger partial charge in [-0.2, -0.15) is 0 Å². The number of hydrogen-bond donors (Lipinski definition) is 3. The number of carbonyl (C=O) groups excluding carboxylic acids is 2. The maximum absolute atomic E-state index is 12.8. The van der Waals surface area contributed by atoms with Crippen molar-refractivity contribution in [1.82, 2.24) is 15.3 Å². The van der Waals surface area contributed by atoms with Crippen LogP contribution in [0.4, 0.5) is 10.5 Å². The van der Waals surface area contributed by atoms with Crippen LogP contribution in [0.1, 0.15) is 40.9 Å². The number of carboxylic acid groups (broad SMARTS) is 1. The normalized spacial score (nSPS) is 12.1. The quantitative estimate of drug-likeness (QED) is 0.258. The van der Waals surface area contributed by atoms with Crippen molar-refractivity contribution in [3.8, 4) is 11.3 Å². The lowest BCUT2D eigenvalue weighted by atomic mass is 10.0. The molecule has 0 aliphatic carbocycles. The van der Waals surface area contributed by atoms with E-state index in [1.165, 1.54) is 12.5 Å². The van der Waals surface area contributed by atoms with Crippen LogP contribution in [-0.2, 0) is 16.0 Å². The first-order valence-electron chi connectivity index (χ1n) is 12.4. The first-order chi connectivity index (χ1) is 18.9. The van der Waals surface area contributed by atoms with Crippen LogP contribution < -0.4 is 10.6 Å². The summed E-state index contributed by atoms with van der Waals surface area (Å²) in [5.74, 6) is -1.59. The first kappa shape index (κ1) is 27.0. The smallest absolute Gasteiger partial charge is 0.412 e. The molecule has 9 nitrogen and oxygen atoms in total. The molecule has 198 valence electrons. The fraction of sp³-hybridized carbons (Fsp3) is 0.167. The number of anilines is 1. The molecule has 0 saturated carbocycles. The third-order valence-electron chi connectivity index (χ3n) is 6.09. The molecule has 9 heteroatoms. The van der Waals surface area contributed by atoms with E-state index in [0.717, 1.165) is 11.1 Å². The molecule has 1 aromatic heterocycles. The van der Waals surface area contributed by atoms with Gasteiger partial charge in [-0.25, -0.2) is 19.6 Å². The van der Waals surface area contributed by atoms with Crippen LogP contribution in [0, 0.1) is 0 Å². The second kappa shape index (κ2) is 13.0. The Bertz CT molecular complexity index is 1410. The monoisotopic (exact) mass is 524 g/mol. The van der Waals surface area contributed by atoms with Crippen molar-refractivity contribution in [2.75, 3.05) is 5.32 Å². The molecule has 0 radical (unpaired) electrons. The van der Waals surface area contributed by atoms with Crippen LogP contribution in [0.15, 0.2) is 97.5 Å². The Morgan fingerprint density at radius 2 is 1.59 bits per heavy atom. The summed E-state index contributed by atoms with van der Waals surface area (Å²) in [6.45, 7) is 1.78. The zero-order chi connectivity index (χ0) is 27.6. The van der Waals surface area contributed by atoms with Gasteiger partial charge in [-0.15, -0.1) is 0 Å². The van der Waals surface area contributed by atoms with Gasteiger partial charge >= 0.3 is 12.1 Å². The van der Waals surface area contributed by atoms with Crippen molar-refractivity contribution in [2.45, 2.75) is 31.9 Å². The predicted octanol–water partition coefficient (Wildman–Crippen LogP) is 5.27. The molecule has 2 atom stereocenters. The Kier molecular flexibility index (Phi) is 8.97. The molecule has 2 amide bonds. The summed E-state index contributed by atoms with van der Waals surface area (Å²) in [5.41, 5.74) is 3.55. The van der Waals surface area contributed by atoms with Crippen molar-refractivity contribution in [1.29, 1.82) is 0 Å². The number of aryl methyl sites for hydroxylation is 1. The standard InChI is InChI=1S/C30H28N4O5/c1-20(22-10-6-3-7-11-22)39-30(38)34-26-18-31-19-32-27(26)23-13-15-24(16-14-23)28(35)33-25(29(36)37)17-12-21-8-4-2-5-9-21/h2-11,13-16,18-20,25H,12,17H2,1H3,(H,33,35)(H,34,38)(H,36,37). The second-order valence-corrected chi connectivity index (χ2v) is 8.83. The SMILES string of the molecule is CC(OC(=O)Nc1cncnc1-c1ccc(C(=O)NC(CCc2ccccc2)C(=O)O)cc1)c1ccccc1. The zero-order valence-corrected chi connectivity index (χ0v) is 21.3. The number of aliphatic carboxylic acids is 1. The van der Waals surface area contributed by atoms with Gasteiger partial charge in [0, 0.05) is 11.1 Å². The molecule has 4 aromatic rings. The zero-order valence-electron chi connectivity index (χ0n) is 21.3. The second-order valence-electron chi connectivity index (χ2n) is 8.83. The van der Waals surface area contributed by atoms with Gasteiger partial charge in [-0.05, 0) is 43.0 Å². The average molecular weight is 525 g/mol. The van der Waals surface area contributed by atoms with E-state index in [1.807, 2.05) is 60.7 Å². The molecule has 0 aliphatic rings. The van der Waals surface area contributed by atoms with Crippen molar-refractivity contribution in [3.05, 3.63) is 114 Å². The lowest BCUT2D eigenvalue weighted by molar-refractivity contribution is -0.139. The van der Waals surface area contributed by atoms with Crippen molar-refractivity contribution < 1.29 is 24.2 Å². The summed E-state index contributed by atoms with van der Waals surface area (Å²) in [6, 6.07) is 24.3. The molecule has 0 saturated heterocycles. The number of carboxylic acids is 1. The van der Waals surface area contributed by atoms with Crippen LogP contribution in [0.5, 0.6) is 0 Å². The van der Waals surface area contributed by atoms with E-state index < -0.39 is 30.1 Å². The molecule has 0 fully saturated rings. The summed E-state index contributed by atoms with van der Waals surface area (Å²) in [5, 5.41) is 14.9. The lowest BCUT2D eigenvalue weighted by Crippen LogP contribution is -2.41.